The largest absolute Gasteiger partial charge is 0.350 e. The van der Waals surface area contributed by atoms with Crippen LogP contribution in [0.2, 0.25) is 0 Å². The van der Waals surface area contributed by atoms with Gasteiger partial charge in [-0.2, -0.15) is 0 Å². The van der Waals surface area contributed by atoms with E-state index in [-0.39, 0.29) is 18.0 Å². The fourth-order valence-electron chi connectivity index (χ4n) is 4.28. The number of nitrogens with zero attached hydrogens (tertiary/aromatic N) is 2. The number of carbonyl (C=O) groups is 2. The van der Waals surface area contributed by atoms with Gasteiger partial charge in [0.25, 0.3) is 5.91 Å². The summed E-state index contributed by atoms with van der Waals surface area (Å²) in [4.78, 5) is 28.8. The average molecular weight is 407 g/mol. The zero-order valence-corrected chi connectivity index (χ0v) is 17.5. The third kappa shape index (κ3) is 4.65. The molecule has 2 aliphatic heterocycles. The van der Waals surface area contributed by atoms with E-state index in [1.165, 1.54) is 18.4 Å². The number of likely N-dealkylation sites (tertiary alicyclic amines) is 1. The predicted molar refractivity (Wildman–Crippen MR) is 119 cm³/mol. The van der Waals surface area contributed by atoms with Crippen LogP contribution < -0.4 is 15.5 Å². The maximum atomic E-state index is 12.8. The molecule has 3 amide bonds. The highest BCUT2D eigenvalue weighted by atomic mass is 16.2. The second kappa shape index (κ2) is 9.30. The summed E-state index contributed by atoms with van der Waals surface area (Å²) >= 11 is 0. The summed E-state index contributed by atoms with van der Waals surface area (Å²) in [5, 5.41) is 5.92. The van der Waals surface area contributed by atoms with Gasteiger partial charge >= 0.3 is 6.03 Å². The summed E-state index contributed by atoms with van der Waals surface area (Å²) in [6, 6.07) is 17.8. The van der Waals surface area contributed by atoms with Gasteiger partial charge in [0.05, 0.1) is 6.04 Å². The fourth-order valence-corrected chi connectivity index (χ4v) is 4.28. The minimum Gasteiger partial charge on any atom is -0.350 e. The van der Waals surface area contributed by atoms with Crippen molar-refractivity contribution in [1.82, 2.24) is 15.5 Å². The summed E-state index contributed by atoms with van der Waals surface area (Å²) in [5.74, 6) is 0.683. The van der Waals surface area contributed by atoms with Gasteiger partial charge in [0.1, 0.15) is 0 Å². The Labute approximate surface area is 178 Å². The molecule has 2 N–H and O–H groups in total. The number of rotatable bonds is 6. The van der Waals surface area contributed by atoms with E-state index in [4.69, 9.17) is 0 Å². The van der Waals surface area contributed by atoms with Crippen molar-refractivity contribution in [2.75, 3.05) is 37.6 Å². The van der Waals surface area contributed by atoms with Crippen LogP contribution in [-0.4, -0.2) is 49.6 Å². The first-order valence-corrected chi connectivity index (χ1v) is 10.8. The second-order valence-electron chi connectivity index (χ2n) is 8.29. The van der Waals surface area contributed by atoms with Crippen LogP contribution in [0.15, 0.2) is 54.6 Å². The van der Waals surface area contributed by atoms with Crippen molar-refractivity contribution in [1.29, 1.82) is 0 Å². The molecule has 2 aliphatic rings. The van der Waals surface area contributed by atoms with E-state index in [1.54, 1.807) is 17.0 Å². The van der Waals surface area contributed by atoms with Crippen LogP contribution in [0.1, 0.15) is 41.7 Å². The number of hydrogen-bond donors (Lipinski definition) is 2. The lowest BCUT2D eigenvalue weighted by Gasteiger charge is -2.37. The third-order valence-electron chi connectivity index (χ3n) is 6.20. The highest BCUT2D eigenvalue weighted by Gasteiger charge is 2.25. The standard InChI is InChI=1S/C24H30N4O2/c1-18-11-14-27(15-12-18)22(19-5-3-2-4-6-19)17-26-23(29)20-7-9-21(10-8-20)28-16-13-25-24(28)30/h2-10,18,22H,11-17H2,1H3,(H,25,30)(H,26,29). The molecule has 2 heterocycles. The number of nitrogens with one attached hydrogen (secondary N) is 2. The number of hydrogen-bond acceptors (Lipinski definition) is 3. The van der Waals surface area contributed by atoms with Crippen molar-refractivity contribution < 1.29 is 9.59 Å². The lowest BCUT2D eigenvalue weighted by molar-refractivity contribution is 0.0913. The Morgan fingerprint density at radius 3 is 2.40 bits per heavy atom. The van der Waals surface area contributed by atoms with Crippen molar-refractivity contribution in [3.05, 3.63) is 65.7 Å². The zero-order chi connectivity index (χ0) is 20.9. The highest BCUT2D eigenvalue weighted by molar-refractivity contribution is 5.97. The van der Waals surface area contributed by atoms with E-state index in [1.807, 2.05) is 18.2 Å². The molecule has 0 aliphatic carbocycles. The predicted octanol–water partition coefficient (Wildman–Crippen LogP) is 3.42. The van der Waals surface area contributed by atoms with Gasteiger partial charge in [-0.1, -0.05) is 37.3 Å². The minimum absolute atomic E-state index is 0.0845. The van der Waals surface area contributed by atoms with E-state index in [0.717, 1.165) is 24.7 Å². The summed E-state index contributed by atoms with van der Waals surface area (Å²) in [6.45, 7) is 6.31. The minimum atomic E-state index is -0.0891. The summed E-state index contributed by atoms with van der Waals surface area (Å²) < 4.78 is 0. The van der Waals surface area contributed by atoms with E-state index >= 15 is 0 Å². The smallest absolute Gasteiger partial charge is 0.321 e. The number of amides is 3. The van der Waals surface area contributed by atoms with Crippen LogP contribution in [-0.2, 0) is 0 Å². The van der Waals surface area contributed by atoms with Gasteiger partial charge in [-0.25, -0.2) is 4.79 Å². The Morgan fingerprint density at radius 2 is 1.77 bits per heavy atom. The molecule has 0 bridgehead atoms. The molecule has 2 fully saturated rings. The Bertz CT molecular complexity index is 861. The molecule has 4 rings (SSSR count). The van der Waals surface area contributed by atoms with Gasteiger partial charge in [0.2, 0.25) is 0 Å². The highest BCUT2D eigenvalue weighted by Crippen LogP contribution is 2.26. The van der Waals surface area contributed by atoms with E-state index < -0.39 is 0 Å². The maximum Gasteiger partial charge on any atom is 0.321 e. The second-order valence-corrected chi connectivity index (χ2v) is 8.29. The Balaban J connectivity index is 1.41. The first-order valence-electron chi connectivity index (χ1n) is 10.8. The Morgan fingerprint density at radius 1 is 1.07 bits per heavy atom. The molecule has 1 unspecified atom stereocenters. The van der Waals surface area contributed by atoms with Gasteiger partial charge in [-0.05, 0) is 61.7 Å². The van der Waals surface area contributed by atoms with Crippen molar-refractivity contribution in [2.45, 2.75) is 25.8 Å². The fraction of sp³-hybridized carbons (Fsp3) is 0.417. The summed E-state index contributed by atoms with van der Waals surface area (Å²) in [7, 11) is 0. The molecule has 0 aromatic heterocycles. The summed E-state index contributed by atoms with van der Waals surface area (Å²) in [5.41, 5.74) is 2.66. The van der Waals surface area contributed by atoms with Crippen LogP contribution in [0, 0.1) is 5.92 Å². The molecule has 2 saturated heterocycles. The van der Waals surface area contributed by atoms with Crippen LogP contribution in [0.4, 0.5) is 10.5 Å². The monoisotopic (exact) mass is 406 g/mol. The molecular weight excluding hydrogens is 376 g/mol. The van der Waals surface area contributed by atoms with Gasteiger partial charge < -0.3 is 10.6 Å². The topological polar surface area (TPSA) is 64.7 Å². The number of urea groups is 1. The first kappa shape index (κ1) is 20.4. The molecule has 6 heteroatoms. The molecule has 0 saturated carbocycles. The number of anilines is 1. The molecule has 158 valence electrons. The number of carbonyl (C=O) groups excluding carboxylic acids is 2. The molecule has 6 nitrogen and oxygen atoms in total. The van der Waals surface area contributed by atoms with Crippen molar-refractivity contribution in [3.8, 4) is 0 Å². The van der Waals surface area contributed by atoms with Gasteiger partial charge in [-0.3, -0.25) is 14.6 Å². The quantitative estimate of drug-likeness (QED) is 0.773. The van der Waals surface area contributed by atoms with Gasteiger partial charge in [0, 0.05) is 30.9 Å². The SMILES string of the molecule is CC1CCN(C(CNC(=O)c2ccc(N3CCNC3=O)cc2)c2ccccc2)CC1. The van der Waals surface area contributed by atoms with Gasteiger partial charge in [-0.15, -0.1) is 0 Å². The van der Waals surface area contributed by atoms with Crippen LogP contribution in [0.5, 0.6) is 0 Å². The van der Waals surface area contributed by atoms with E-state index in [0.29, 0.717) is 25.2 Å². The van der Waals surface area contributed by atoms with Crippen molar-refractivity contribution in [3.63, 3.8) is 0 Å². The molecule has 2 aromatic rings. The number of benzene rings is 2. The first-order chi connectivity index (χ1) is 14.6. The van der Waals surface area contributed by atoms with E-state index in [2.05, 4.69) is 46.7 Å². The Kier molecular flexibility index (Phi) is 6.33. The molecule has 0 radical (unpaired) electrons. The Hall–Kier alpha value is -2.86. The van der Waals surface area contributed by atoms with Crippen LogP contribution in [0.3, 0.4) is 0 Å². The third-order valence-corrected chi connectivity index (χ3v) is 6.20. The zero-order valence-electron chi connectivity index (χ0n) is 17.5. The molecule has 2 aromatic carbocycles. The lowest BCUT2D eigenvalue weighted by atomic mass is 9.95. The van der Waals surface area contributed by atoms with Crippen molar-refractivity contribution in [2.24, 2.45) is 5.92 Å². The molecular formula is C24H30N4O2. The van der Waals surface area contributed by atoms with Crippen molar-refractivity contribution >= 4 is 17.6 Å². The molecule has 0 spiro atoms. The lowest BCUT2D eigenvalue weighted by Crippen LogP contribution is -2.42. The number of piperidine rings is 1. The van der Waals surface area contributed by atoms with Gasteiger partial charge in [0.15, 0.2) is 0 Å². The molecule has 30 heavy (non-hydrogen) atoms. The summed E-state index contributed by atoms with van der Waals surface area (Å²) in [6.07, 6.45) is 2.39. The van der Waals surface area contributed by atoms with E-state index in [9.17, 15) is 9.59 Å². The normalized spacial score (nSPS) is 18.8. The van der Waals surface area contributed by atoms with Crippen LogP contribution >= 0.6 is 0 Å². The molecule has 1 atom stereocenters. The van der Waals surface area contributed by atoms with Crippen LogP contribution in [0.25, 0.3) is 0 Å². The maximum absolute atomic E-state index is 12.8. The average Bonchev–Trinajstić information content (AvgIpc) is 3.21.